The lowest BCUT2D eigenvalue weighted by Crippen LogP contribution is -2.30. The van der Waals surface area contributed by atoms with Gasteiger partial charge >= 0.3 is 5.97 Å². The number of carbonyl (C=O) groups excluding carboxylic acids is 2. The number of thiazole rings is 1. The van der Waals surface area contributed by atoms with Crippen LogP contribution in [-0.4, -0.2) is 28.1 Å². The van der Waals surface area contributed by atoms with Gasteiger partial charge in [-0.1, -0.05) is 17.3 Å². The standard InChI is InChI=1S/C19H15N3O5S/c1-10-9-16(22-27-10)21-17(23)11(2)25-19(24)14-8-7-13(26-14)18-20-12-5-3-4-6-15(12)28-18/h3-9,11H,1-2H3,(H,21,22,23)/t11-/m1/s1. The average molecular weight is 397 g/mol. The van der Waals surface area contributed by atoms with Crippen LogP contribution in [0.25, 0.3) is 21.0 Å². The fourth-order valence-electron chi connectivity index (χ4n) is 2.47. The maximum Gasteiger partial charge on any atom is 0.375 e. The number of fused-ring (bicyclic) bond motifs is 1. The van der Waals surface area contributed by atoms with Crippen LogP contribution in [0.2, 0.25) is 0 Å². The lowest BCUT2D eigenvalue weighted by atomic mass is 10.3. The normalized spacial score (nSPS) is 12.1. The summed E-state index contributed by atoms with van der Waals surface area (Å²) in [7, 11) is 0. The van der Waals surface area contributed by atoms with Crippen molar-refractivity contribution in [3.63, 3.8) is 0 Å². The third-order valence-corrected chi connectivity index (χ3v) is 4.90. The van der Waals surface area contributed by atoms with Crippen LogP contribution in [0.3, 0.4) is 0 Å². The molecule has 3 heterocycles. The molecule has 0 spiro atoms. The lowest BCUT2D eigenvalue weighted by Gasteiger charge is -2.10. The van der Waals surface area contributed by atoms with Crippen molar-refractivity contribution in [1.29, 1.82) is 0 Å². The van der Waals surface area contributed by atoms with Gasteiger partial charge in [-0.2, -0.15) is 0 Å². The van der Waals surface area contributed by atoms with Crippen LogP contribution < -0.4 is 5.32 Å². The molecule has 4 aromatic rings. The molecule has 1 atom stereocenters. The number of nitrogens with zero attached hydrogens (tertiary/aromatic N) is 2. The van der Waals surface area contributed by atoms with E-state index in [1.165, 1.54) is 24.3 Å². The number of furan rings is 1. The van der Waals surface area contributed by atoms with E-state index in [9.17, 15) is 9.59 Å². The van der Waals surface area contributed by atoms with E-state index in [1.54, 1.807) is 19.1 Å². The van der Waals surface area contributed by atoms with Crippen molar-refractivity contribution in [1.82, 2.24) is 10.1 Å². The van der Waals surface area contributed by atoms with Crippen LogP contribution in [-0.2, 0) is 9.53 Å². The highest BCUT2D eigenvalue weighted by Gasteiger charge is 2.23. The first-order chi connectivity index (χ1) is 13.5. The second-order valence-corrected chi connectivity index (χ2v) is 7.04. The Labute approximate surface area is 163 Å². The first-order valence-electron chi connectivity index (χ1n) is 8.40. The molecule has 1 N–H and O–H groups in total. The molecule has 8 nitrogen and oxygen atoms in total. The minimum Gasteiger partial charge on any atom is -0.447 e. The second kappa shape index (κ2) is 7.28. The molecule has 28 heavy (non-hydrogen) atoms. The highest BCUT2D eigenvalue weighted by molar-refractivity contribution is 7.21. The van der Waals surface area contributed by atoms with E-state index < -0.39 is 18.0 Å². The molecule has 0 fully saturated rings. The van der Waals surface area contributed by atoms with Crippen LogP contribution in [0.4, 0.5) is 5.82 Å². The average Bonchev–Trinajstić information content (AvgIpc) is 3.40. The fourth-order valence-corrected chi connectivity index (χ4v) is 3.39. The van der Waals surface area contributed by atoms with E-state index in [4.69, 9.17) is 13.7 Å². The smallest absolute Gasteiger partial charge is 0.375 e. The summed E-state index contributed by atoms with van der Waals surface area (Å²) in [6.45, 7) is 3.16. The second-order valence-electron chi connectivity index (χ2n) is 6.01. The number of aryl methyl sites for hydroxylation is 1. The molecule has 0 bridgehead atoms. The van der Waals surface area contributed by atoms with Crippen molar-refractivity contribution in [3.05, 3.63) is 54.0 Å². The number of aromatic nitrogens is 2. The van der Waals surface area contributed by atoms with Crippen molar-refractivity contribution < 1.29 is 23.3 Å². The molecular weight excluding hydrogens is 382 g/mol. The summed E-state index contributed by atoms with van der Waals surface area (Å²) in [6, 6.07) is 12.4. The third-order valence-electron chi connectivity index (χ3n) is 3.84. The number of ether oxygens (including phenoxy) is 1. The predicted molar refractivity (Wildman–Crippen MR) is 102 cm³/mol. The quantitative estimate of drug-likeness (QED) is 0.506. The first kappa shape index (κ1) is 17.9. The summed E-state index contributed by atoms with van der Waals surface area (Å²) in [4.78, 5) is 28.9. The van der Waals surface area contributed by atoms with Gasteiger partial charge in [0, 0.05) is 6.07 Å². The summed E-state index contributed by atoms with van der Waals surface area (Å²) in [5, 5.41) is 6.82. The maximum atomic E-state index is 12.3. The Morgan fingerprint density at radius 1 is 1.21 bits per heavy atom. The summed E-state index contributed by atoms with van der Waals surface area (Å²) in [5.74, 6) is -0.0140. The molecule has 0 aliphatic carbocycles. The van der Waals surface area contributed by atoms with Gasteiger partial charge in [0.05, 0.1) is 10.2 Å². The monoisotopic (exact) mass is 397 g/mol. The lowest BCUT2D eigenvalue weighted by molar-refractivity contribution is -0.123. The number of carbonyl (C=O) groups is 2. The SMILES string of the molecule is Cc1cc(NC(=O)[C@@H](C)OC(=O)c2ccc(-c3nc4ccccc4s3)o2)no1. The van der Waals surface area contributed by atoms with Gasteiger partial charge in [-0.05, 0) is 38.1 Å². The number of benzene rings is 1. The first-order valence-corrected chi connectivity index (χ1v) is 9.22. The fraction of sp³-hybridized carbons (Fsp3) is 0.158. The number of hydrogen-bond acceptors (Lipinski definition) is 8. The van der Waals surface area contributed by atoms with Crippen LogP contribution >= 0.6 is 11.3 Å². The van der Waals surface area contributed by atoms with Crippen molar-refractivity contribution in [2.75, 3.05) is 5.32 Å². The zero-order chi connectivity index (χ0) is 19.7. The topological polar surface area (TPSA) is 107 Å². The molecule has 0 radical (unpaired) electrons. The minimum absolute atomic E-state index is 0.00816. The van der Waals surface area contributed by atoms with Crippen LogP contribution in [0, 0.1) is 6.92 Å². The van der Waals surface area contributed by atoms with Crippen molar-refractivity contribution in [3.8, 4) is 10.8 Å². The Hall–Kier alpha value is -3.46. The van der Waals surface area contributed by atoms with E-state index in [0.29, 0.717) is 16.5 Å². The molecule has 0 aliphatic heterocycles. The number of nitrogens with one attached hydrogen (secondary N) is 1. The molecule has 1 aromatic carbocycles. The number of hydrogen-bond donors (Lipinski definition) is 1. The Morgan fingerprint density at radius 3 is 2.79 bits per heavy atom. The zero-order valence-electron chi connectivity index (χ0n) is 15.0. The molecule has 142 valence electrons. The molecule has 9 heteroatoms. The molecule has 0 saturated heterocycles. The zero-order valence-corrected chi connectivity index (χ0v) is 15.8. The Morgan fingerprint density at radius 2 is 2.04 bits per heavy atom. The van der Waals surface area contributed by atoms with Gasteiger partial charge < -0.3 is 19.0 Å². The van der Waals surface area contributed by atoms with E-state index >= 15 is 0 Å². The van der Waals surface area contributed by atoms with Gasteiger partial charge in [-0.25, -0.2) is 9.78 Å². The van der Waals surface area contributed by atoms with Crippen molar-refractivity contribution in [2.45, 2.75) is 20.0 Å². The molecule has 4 rings (SSSR count). The van der Waals surface area contributed by atoms with Gasteiger partial charge in [0.2, 0.25) is 5.76 Å². The number of para-hydroxylation sites is 1. The van der Waals surface area contributed by atoms with E-state index in [1.807, 2.05) is 24.3 Å². The minimum atomic E-state index is -1.04. The highest BCUT2D eigenvalue weighted by atomic mass is 32.1. The van der Waals surface area contributed by atoms with E-state index in [2.05, 4.69) is 15.5 Å². The summed E-state index contributed by atoms with van der Waals surface area (Å²) >= 11 is 1.46. The predicted octanol–water partition coefficient (Wildman–Crippen LogP) is 4.04. The molecule has 0 unspecified atom stereocenters. The maximum absolute atomic E-state index is 12.3. The summed E-state index contributed by atoms with van der Waals surface area (Å²) in [5.41, 5.74) is 0.858. The van der Waals surface area contributed by atoms with Gasteiger partial charge in [-0.15, -0.1) is 11.3 Å². The molecule has 3 aromatic heterocycles. The van der Waals surface area contributed by atoms with Crippen LogP contribution in [0.5, 0.6) is 0 Å². The van der Waals surface area contributed by atoms with E-state index in [0.717, 1.165) is 10.2 Å². The number of rotatable bonds is 5. The molecule has 0 saturated carbocycles. The third kappa shape index (κ3) is 3.65. The van der Waals surface area contributed by atoms with E-state index in [-0.39, 0.29) is 11.6 Å². The van der Waals surface area contributed by atoms with Gasteiger partial charge in [0.25, 0.3) is 5.91 Å². The summed E-state index contributed by atoms with van der Waals surface area (Å²) in [6.07, 6.45) is -1.04. The Kier molecular flexibility index (Phi) is 4.66. The molecular formula is C19H15N3O5S. The van der Waals surface area contributed by atoms with Crippen molar-refractivity contribution in [2.24, 2.45) is 0 Å². The molecule has 0 aliphatic rings. The van der Waals surface area contributed by atoms with Crippen LogP contribution in [0.1, 0.15) is 23.2 Å². The number of amides is 1. The Bertz CT molecular complexity index is 1130. The van der Waals surface area contributed by atoms with Gasteiger partial charge in [0.1, 0.15) is 5.76 Å². The van der Waals surface area contributed by atoms with Gasteiger partial charge in [-0.3, -0.25) is 4.79 Å². The number of anilines is 1. The van der Waals surface area contributed by atoms with Gasteiger partial charge in [0.15, 0.2) is 22.7 Å². The van der Waals surface area contributed by atoms with Crippen molar-refractivity contribution >= 4 is 39.2 Å². The Balaban J connectivity index is 1.43. The molecule has 1 amide bonds. The highest BCUT2D eigenvalue weighted by Crippen LogP contribution is 2.31. The van der Waals surface area contributed by atoms with Crippen LogP contribution in [0.15, 0.2) is 51.4 Å². The number of esters is 1. The summed E-state index contributed by atoms with van der Waals surface area (Å²) < 4.78 is 16.6. The largest absolute Gasteiger partial charge is 0.447 e.